The maximum absolute atomic E-state index is 13.5. The van der Waals surface area contributed by atoms with Crippen molar-refractivity contribution in [3.05, 3.63) is 81.6 Å². The van der Waals surface area contributed by atoms with Gasteiger partial charge in [0.15, 0.2) is 5.01 Å². The van der Waals surface area contributed by atoms with E-state index < -0.39 is 11.9 Å². The van der Waals surface area contributed by atoms with Crippen molar-refractivity contribution in [3.63, 3.8) is 0 Å². The quantitative estimate of drug-likeness (QED) is 0.224. The van der Waals surface area contributed by atoms with E-state index in [2.05, 4.69) is 37.6 Å². The van der Waals surface area contributed by atoms with Gasteiger partial charge >= 0.3 is 5.97 Å². The minimum absolute atomic E-state index is 0.138. The van der Waals surface area contributed by atoms with Gasteiger partial charge in [-0.2, -0.15) is 4.80 Å². The molecule has 10 nitrogen and oxygen atoms in total. The summed E-state index contributed by atoms with van der Waals surface area (Å²) in [6.07, 6.45) is 3.63. The zero-order chi connectivity index (χ0) is 27.9. The molecule has 1 amide bonds. The van der Waals surface area contributed by atoms with Gasteiger partial charge in [-0.25, -0.2) is 4.98 Å². The Morgan fingerprint density at radius 2 is 1.98 bits per heavy atom. The summed E-state index contributed by atoms with van der Waals surface area (Å²) in [5.41, 5.74) is 3.17. The molecule has 0 radical (unpaired) electrons. The SMILES string of the molecule is CCOC(=O)CN(C(=O)c1nnn(Cc2ccc(OC)cc2)n1)c1cccc(C#Cc2nc(C3CCC3)cs2)c1. The molecule has 0 N–H and O–H groups in total. The molecule has 40 heavy (non-hydrogen) atoms. The molecular formula is C29H28N6O4S. The summed E-state index contributed by atoms with van der Waals surface area (Å²) in [5, 5.41) is 15.1. The van der Waals surface area contributed by atoms with Crippen LogP contribution >= 0.6 is 11.3 Å². The Balaban J connectivity index is 1.35. The number of benzene rings is 2. The predicted octanol–water partition coefficient (Wildman–Crippen LogP) is 4.06. The van der Waals surface area contributed by atoms with Crippen LogP contribution in [0.1, 0.15) is 64.6 Å². The van der Waals surface area contributed by atoms with Crippen LogP contribution in [0.4, 0.5) is 5.69 Å². The Bertz CT molecular complexity index is 1550. The van der Waals surface area contributed by atoms with E-state index in [4.69, 9.17) is 9.47 Å². The highest BCUT2D eigenvalue weighted by atomic mass is 32.1. The van der Waals surface area contributed by atoms with Crippen LogP contribution < -0.4 is 9.64 Å². The first-order valence-corrected chi connectivity index (χ1v) is 13.9. The number of methoxy groups -OCH3 is 1. The molecule has 0 unspecified atom stereocenters. The van der Waals surface area contributed by atoms with Gasteiger partial charge in [0.25, 0.3) is 11.7 Å². The number of carbonyl (C=O) groups is 2. The van der Waals surface area contributed by atoms with Gasteiger partial charge in [-0.15, -0.1) is 21.5 Å². The van der Waals surface area contributed by atoms with Gasteiger partial charge in [0, 0.05) is 22.5 Å². The number of thiazole rings is 1. The van der Waals surface area contributed by atoms with Gasteiger partial charge in [0.05, 0.1) is 26.0 Å². The Morgan fingerprint density at radius 3 is 2.70 bits per heavy atom. The Kier molecular flexibility index (Phi) is 8.47. The highest BCUT2D eigenvalue weighted by Crippen LogP contribution is 2.36. The van der Waals surface area contributed by atoms with E-state index in [-0.39, 0.29) is 19.0 Å². The molecular weight excluding hydrogens is 528 g/mol. The number of carbonyl (C=O) groups excluding carboxylic acids is 2. The maximum Gasteiger partial charge on any atom is 0.326 e. The maximum atomic E-state index is 13.5. The van der Waals surface area contributed by atoms with Crippen LogP contribution in [0.3, 0.4) is 0 Å². The summed E-state index contributed by atoms with van der Waals surface area (Å²) in [6.45, 7) is 1.90. The molecule has 1 aliphatic carbocycles. The number of hydrogen-bond acceptors (Lipinski definition) is 9. The fourth-order valence-corrected chi connectivity index (χ4v) is 4.88. The molecule has 204 valence electrons. The van der Waals surface area contributed by atoms with Crippen LogP contribution in [0.5, 0.6) is 5.75 Å². The topological polar surface area (TPSA) is 112 Å². The van der Waals surface area contributed by atoms with E-state index in [0.717, 1.165) is 22.0 Å². The molecule has 2 aromatic heterocycles. The number of anilines is 1. The first-order valence-electron chi connectivity index (χ1n) is 13.0. The Morgan fingerprint density at radius 1 is 1.15 bits per heavy atom. The fourth-order valence-electron chi connectivity index (χ4n) is 4.14. The summed E-state index contributed by atoms with van der Waals surface area (Å²) in [5.74, 6) is 6.27. The first kappa shape index (κ1) is 27.0. The van der Waals surface area contributed by atoms with Crippen molar-refractivity contribution < 1.29 is 19.1 Å². The van der Waals surface area contributed by atoms with Crippen molar-refractivity contribution in [3.8, 4) is 17.6 Å². The van der Waals surface area contributed by atoms with E-state index >= 15 is 0 Å². The minimum Gasteiger partial charge on any atom is -0.497 e. The second-order valence-corrected chi connectivity index (χ2v) is 10.1. The van der Waals surface area contributed by atoms with Gasteiger partial charge in [-0.1, -0.05) is 30.5 Å². The van der Waals surface area contributed by atoms with Gasteiger partial charge in [-0.05, 0) is 66.8 Å². The smallest absolute Gasteiger partial charge is 0.326 e. The van der Waals surface area contributed by atoms with Crippen LogP contribution in [0, 0.1) is 11.8 Å². The lowest BCUT2D eigenvalue weighted by molar-refractivity contribution is -0.141. The number of tetrazole rings is 1. The van der Waals surface area contributed by atoms with Crippen molar-refractivity contribution >= 4 is 28.9 Å². The van der Waals surface area contributed by atoms with E-state index in [9.17, 15) is 9.59 Å². The molecule has 0 saturated heterocycles. The molecule has 4 aromatic rings. The number of nitrogens with zero attached hydrogens (tertiary/aromatic N) is 6. The largest absolute Gasteiger partial charge is 0.497 e. The van der Waals surface area contributed by atoms with Crippen LogP contribution in [-0.4, -0.2) is 57.3 Å². The van der Waals surface area contributed by atoms with Gasteiger partial charge < -0.3 is 9.47 Å². The number of hydrogen-bond donors (Lipinski definition) is 0. The molecule has 1 fully saturated rings. The molecule has 0 bridgehead atoms. The molecule has 5 rings (SSSR count). The summed E-state index contributed by atoms with van der Waals surface area (Å²) >= 11 is 1.54. The van der Waals surface area contributed by atoms with Crippen molar-refractivity contribution in [1.29, 1.82) is 0 Å². The van der Waals surface area contributed by atoms with Crippen LogP contribution in [0.15, 0.2) is 53.9 Å². The van der Waals surface area contributed by atoms with Gasteiger partial charge in [-0.3, -0.25) is 14.5 Å². The summed E-state index contributed by atoms with van der Waals surface area (Å²) in [4.78, 5) is 33.2. The van der Waals surface area contributed by atoms with Gasteiger partial charge in [0.1, 0.15) is 12.3 Å². The molecule has 0 spiro atoms. The van der Waals surface area contributed by atoms with E-state index in [1.54, 1.807) is 32.2 Å². The fraction of sp³-hybridized carbons (Fsp3) is 0.310. The Hall–Kier alpha value is -4.56. The predicted molar refractivity (Wildman–Crippen MR) is 149 cm³/mol. The summed E-state index contributed by atoms with van der Waals surface area (Å²) in [7, 11) is 1.60. The zero-order valence-electron chi connectivity index (χ0n) is 22.2. The lowest BCUT2D eigenvalue weighted by Crippen LogP contribution is -2.37. The number of esters is 1. The molecule has 0 atom stereocenters. The van der Waals surface area contributed by atoms with Crippen LogP contribution in [0.2, 0.25) is 0 Å². The lowest BCUT2D eigenvalue weighted by Gasteiger charge is -2.22. The number of amides is 1. The third-order valence-electron chi connectivity index (χ3n) is 6.48. The molecule has 2 heterocycles. The van der Waals surface area contributed by atoms with Gasteiger partial charge in [0.2, 0.25) is 0 Å². The van der Waals surface area contributed by atoms with E-state index in [1.165, 1.54) is 40.3 Å². The van der Waals surface area contributed by atoms with Crippen molar-refractivity contribution in [2.24, 2.45) is 0 Å². The first-order chi connectivity index (χ1) is 19.5. The highest BCUT2D eigenvalue weighted by molar-refractivity contribution is 7.10. The second kappa shape index (κ2) is 12.5. The number of aromatic nitrogens is 5. The monoisotopic (exact) mass is 556 g/mol. The summed E-state index contributed by atoms with van der Waals surface area (Å²) in [6, 6.07) is 14.5. The standard InChI is InChI=1S/C29H28N6O4S/c1-3-39-27(36)18-34(29(37)28-31-33-35(32-28)17-21-10-13-24(38-2)14-11-21)23-9-4-6-20(16-23)12-15-26-30-25(19-40-26)22-7-5-8-22/h4,6,9-11,13-14,16,19,22H,3,5,7-8,17-18H2,1-2H3. The zero-order valence-corrected chi connectivity index (χ0v) is 23.1. The average Bonchev–Trinajstić information content (AvgIpc) is 3.60. The van der Waals surface area contributed by atoms with Crippen molar-refractivity contribution in [2.45, 2.75) is 38.6 Å². The highest BCUT2D eigenvalue weighted by Gasteiger charge is 2.26. The second-order valence-electron chi connectivity index (χ2n) is 9.19. The van der Waals surface area contributed by atoms with E-state index in [1.807, 2.05) is 30.3 Å². The van der Waals surface area contributed by atoms with E-state index in [0.29, 0.717) is 23.7 Å². The number of rotatable bonds is 9. The minimum atomic E-state index is -0.579. The van der Waals surface area contributed by atoms with Crippen molar-refractivity contribution in [2.75, 3.05) is 25.2 Å². The normalized spacial score (nSPS) is 12.7. The third kappa shape index (κ3) is 6.52. The van der Waals surface area contributed by atoms with Crippen LogP contribution in [-0.2, 0) is 16.1 Å². The molecule has 1 aliphatic rings. The van der Waals surface area contributed by atoms with Crippen molar-refractivity contribution in [1.82, 2.24) is 25.2 Å². The number of ether oxygens (including phenoxy) is 2. The average molecular weight is 557 g/mol. The molecule has 0 aliphatic heterocycles. The summed E-state index contributed by atoms with van der Waals surface area (Å²) < 4.78 is 10.3. The van der Waals surface area contributed by atoms with Crippen LogP contribution in [0.25, 0.3) is 0 Å². The molecule has 11 heteroatoms. The Labute approximate surface area is 235 Å². The molecule has 2 aromatic carbocycles. The lowest BCUT2D eigenvalue weighted by atomic mass is 9.83. The molecule has 1 saturated carbocycles. The third-order valence-corrected chi connectivity index (χ3v) is 7.26.